The van der Waals surface area contributed by atoms with E-state index in [4.69, 9.17) is 9.47 Å². The average Bonchev–Trinajstić information content (AvgIpc) is 2.91. The number of nitrogens with zero attached hydrogens (tertiary/aromatic N) is 2. The zero-order valence-corrected chi connectivity index (χ0v) is 20.8. The maximum absolute atomic E-state index is 12.9. The van der Waals surface area contributed by atoms with E-state index in [0.29, 0.717) is 60.4 Å². The molecule has 8 nitrogen and oxygen atoms in total. The van der Waals surface area contributed by atoms with Gasteiger partial charge < -0.3 is 20.1 Å². The van der Waals surface area contributed by atoms with Crippen molar-refractivity contribution in [2.75, 3.05) is 38.6 Å². The number of hydrogen-bond donors (Lipinski definition) is 2. The van der Waals surface area contributed by atoms with Crippen LogP contribution in [0.15, 0.2) is 79.0 Å². The Bertz CT molecular complexity index is 1450. The Kier molecular flexibility index (Phi) is 7.46. The van der Waals surface area contributed by atoms with Crippen LogP contribution >= 0.6 is 0 Å². The van der Waals surface area contributed by atoms with Crippen LogP contribution in [0.2, 0.25) is 0 Å². The lowest BCUT2D eigenvalue weighted by Gasteiger charge is -2.33. The van der Waals surface area contributed by atoms with E-state index < -0.39 is 6.17 Å². The van der Waals surface area contributed by atoms with Gasteiger partial charge in [0.1, 0.15) is 35.8 Å². The van der Waals surface area contributed by atoms with Crippen LogP contribution in [0.3, 0.4) is 0 Å². The molecule has 0 unspecified atom stereocenters. The Labute approximate surface area is 219 Å². The number of hydrogen-bond acceptors (Lipinski definition) is 6. The lowest BCUT2D eigenvalue weighted by atomic mass is 10.0. The molecular weight excluding hydrogens is 487 g/mol. The third kappa shape index (κ3) is 5.90. The number of carbonyl (C=O) groups excluding carboxylic acids is 2. The second-order valence-electron chi connectivity index (χ2n) is 8.93. The van der Waals surface area contributed by atoms with Crippen LogP contribution in [0.4, 0.5) is 10.2 Å². The molecule has 0 radical (unpaired) electrons. The summed E-state index contributed by atoms with van der Waals surface area (Å²) >= 11 is 0. The molecule has 9 heteroatoms. The smallest absolute Gasteiger partial charge is 0.256 e. The van der Waals surface area contributed by atoms with Crippen molar-refractivity contribution >= 4 is 28.4 Å². The molecule has 4 aromatic rings. The first kappa shape index (κ1) is 25.2. The minimum Gasteiger partial charge on any atom is -0.492 e. The predicted molar refractivity (Wildman–Crippen MR) is 143 cm³/mol. The summed E-state index contributed by atoms with van der Waals surface area (Å²) in [5, 5.41) is 7.12. The number of aromatic nitrogens is 1. The maximum atomic E-state index is 12.9. The minimum atomic E-state index is -0.724. The van der Waals surface area contributed by atoms with E-state index in [9.17, 15) is 14.0 Å². The van der Waals surface area contributed by atoms with Gasteiger partial charge in [0.15, 0.2) is 0 Å². The Hall–Kier alpha value is -4.50. The second kappa shape index (κ2) is 11.3. The number of benzene rings is 3. The third-order valence-electron chi connectivity index (χ3n) is 6.24. The van der Waals surface area contributed by atoms with Crippen LogP contribution < -0.4 is 20.1 Å². The van der Waals surface area contributed by atoms with E-state index in [2.05, 4.69) is 15.6 Å². The minimum absolute atomic E-state index is 0.152. The first-order chi connectivity index (χ1) is 18.5. The van der Waals surface area contributed by atoms with E-state index in [1.54, 1.807) is 61.8 Å². The molecule has 0 saturated carbocycles. The quantitative estimate of drug-likeness (QED) is 0.337. The zero-order valence-electron chi connectivity index (χ0n) is 20.8. The first-order valence-electron chi connectivity index (χ1n) is 12.3. The highest BCUT2D eigenvalue weighted by Gasteiger charge is 2.25. The molecule has 2 amide bonds. The fourth-order valence-electron chi connectivity index (χ4n) is 4.21. The van der Waals surface area contributed by atoms with Gasteiger partial charge in [-0.2, -0.15) is 0 Å². The normalized spacial score (nSPS) is 13.5. The maximum Gasteiger partial charge on any atom is 0.256 e. The molecule has 194 valence electrons. The Morgan fingerprint density at radius 2 is 1.74 bits per heavy atom. The second-order valence-corrected chi connectivity index (χ2v) is 8.93. The highest BCUT2D eigenvalue weighted by molar-refractivity contribution is 6.07. The van der Waals surface area contributed by atoms with Crippen molar-refractivity contribution in [1.29, 1.82) is 0 Å². The topological polar surface area (TPSA) is 92.8 Å². The van der Waals surface area contributed by atoms with Gasteiger partial charge in [-0.15, -0.1) is 0 Å². The monoisotopic (exact) mass is 514 g/mol. The predicted octanol–water partition coefficient (Wildman–Crippen LogP) is 4.67. The summed E-state index contributed by atoms with van der Waals surface area (Å²) in [6, 6.07) is 21.1. The molecule has 1 aliphatic heterocycles. The van der Waals surface area contributed by atoms with Gasteiger partial charge in [0, 0.05) is 50.1 Å². The molecule has 0 spiro atoms. The number of carbonyl (C=O) groups is 2. The lowest BCUT2D eigenvalue weighted by Crippen LogP contribution is -2.49. The van der Waals surface area contributed by atoms with Crippen LogP contribution in [0.25, 0.3) is 10.8 Å². The van der Waals surface area contributed by atoms with Gasteiger partial charge in [0.2, 0.25) is 0 Å². The Morgan fingerprint density at radius 1 is 0.974 bits per heavy atom. The van der Waals surface area contributed by atoms with Crippen molar-refractivity contribution in [1.82, 2.24) is 15.2 Å². The molecule has 2 heterocycles. The molecule has 1 aliphatic rings. The van der Waals surface area contributed by atoms with Crippen LogP contribution in [0.5, 0.6) is 17.2 Å². The van der Waals surface area contributed by atoms with Gasteiger partial charge in [-0.05, 0) is 65.4 Å². The summed E-state index contributed by atoms with van der Waals surface area (Å²) in [7, 11) is 1.60. The van der Waals surface area contributed by atoms with Crippen molar-refractivity contribution in [3.05, 3.63) is 90.1 Å². The van der Waals surface area contributed by atoms with Gasteiger partial charge >= 0.3 is 0 Å². The van der Waals surface area contributed by atoms with E-state index in [0.717, 1.165) is 10.8 Å². The molecule has 1 aromatic heterocycles. The summed E-state index contributed by atoms with van der Waals surface area (Å²) < 4.78 is 24.5. The third-order valence-corrected chi connectivity index (χ3v) is 6.24. The number of rotatable bonds is 9. The Balaban J connectivity index is 1.19. The Morgan fingerprint density at radius 3 is 2.50 bits per heavy atom. The van der Waals surface area contributed by atoms with Crippen molar-refractivity contribution < 1.29 is 23.5 Å². The molecule has 1 fully saturated rings. The molecular formula is C29H27FN4O4. The fraction of sp³-hybridized carbons (Fsp3) is 0.207. The van der Waals surface area contributed by atoms with Gasteiger partial charge in [-0.3, -0.25) is 14.5 Å². The number of pyridine rings is 1. The molecule has 0 aliphatic carbocycles. The largest absolute Gasteiger partial charge is 0.492 e. The number of ether oxygens (including phenoxy) is 2. The molecule has 3 aromatic carbocycles. The highest BCUT2D eigenvalue weighted by atomic mass is 19.1. The highest BCUT2D eigenvalue weighted by Crippen LogP contribution is 2.28. The van der Waals surface area contributed by atoms with E-state index in [1.165, 1.54) is 0 Å². The molecule has 1 saturated heterocycles. The molecule has 0 atom stereocenters. The van der Waals surface area contributed by atoms with Crippen LogP contribution in [-0.4, -0.2) is 61.2 Å². The fourth-order valence-corrected chi connectivity index (χ4v) is 4.21. The standard InChI is InChI=1S/C29H27FN4O4/c1-31-29(36)26-4-2-3-20-15-23(9-10-25(20)26)38-24-11-12-32-27(16-24)33-28(35)19-5-7-22(8-6-19)37-14-13-34-17-21(30)18-34/h2-12,15-16,21H,13-14,17-18H2,1H3,(H,31,36)(H,32,33,35). The molecule has 0 bridgehead atoms. The lowest BCUT2D eigenvalue weighted by molar-refractivity contribution is 0.0539. The number of halogens is 1. The van der Waals surface area contributed by atoms with E-state index in [-0.39, 0.29) is 11.8 Å². The zero-order chi connectivity index (χ0) is 26.5. The van der Waals surface area contributed by atoms with Crippen molar-refractivity contribution in [2.45, 2.75) is 6.17 Å². The molecule has 2 N–H and O–H groups in total. The van der Waals surface area contributed by atoms with Crippen LogP contribution in [0.1, 0.15) is 20.7 Å². The van der Waals surface area contributed by atoms with E-state index >= 15 is 0 Å². The number of anilines is 1. The van der Waals surface area contributed by atoms with E-state index in [1.807, 2.05) is 29.2 Å². The summed E-state index contributed by atoms with van der Waals surface area (Å²) in [6.45, 7) is 2.06. The average molecular weight is 515 g/mol. The van der Waals surface area contributed by atoms with Gasteiger partial charge in [0.05, 0.1) is 0 Å². The van der Waals surface area contributed by atoms with Gasteiger partial charge in [0.25, 0.3) is 11.8 Å². The molecule has 5 rings (SSSR count). The summed E-state index contributed by atoms with van der Waals surface area (Å²) in [4.78, 5) is 31.1. The number of alkyl halides is 1. The summed E-state index contributed by atoms with van der Waals surface area (Å²) in [6.07, 6.45) is 0.827. The summed E-state index contributed by atoms with van der Waals surface area (Å²) in [5.41, 5.74) is 1.04. The number of fused-ring (bicyclic) bond motifs is 1. The van der Waals surface area contributed by atoms with Crippen LogP contribution in [-0.2, 0) is 0 Å². The van der Waals surface area contributed by atoms with Crippen molar-refractivity contribution in [3.8, 4) is 17.2 Å². The number of likely N-dealkylation sites (tertiary alicyclic amines) is 1. The molecule has 38 heavy (non-hydrogen) atoms. The van der Waals surface area contributed by atoms with Crippen LogP contribution in [0, 0.1) is 0 Å². The van der Waals surface area contributed by atoms with Gasteiger partial charge in [-0.1, -0.05) is 12.1 Å². The van der Waals surface area contributed by atoms with Crippen molar-refractivity contribution in [3.63, 3.8) is 0 Å². The SMILES string of the molecule is CNC(=O)c1cccc2cc(Oc3ccnc(NC(=O)c4ccc(OCCN5CC(F)C5)cc4)c3)ccc12. The first-order valence-corrected chi connectivity index (χ1v) is 12.3. The van der Waals surface area contributed by atoms with Crippen molar-refractivity contribution in [2.24, 2.45) is 0 Å². The number of nitrogens with one attached hydrogen (secondary N) is 2. The summed E-state index contributed by atoms with van der Waals surface area (Å²) in [5.74, 6) is 1.61. The van der Waals surface area contributed by atoms with Gasteiger partial charge in [-0.25, -0.2) is 9.37 Å². The number of amides is 2.